The van der Waals surface area contributed by atoms with Gasteiger partial charge in [-0.15, -0.1) is 0 Å². The number of hydrazine groups is 1. The third kappa shape index (κ3) is 2.29. The van der Waals surface area contributed by atoms with Crippen LogP contribution in [0, 0.1) is 6.92 Å². The Bertz CT molecular complexity index is 471. The van der Waals surface area contributed by atoms with Crippen LogP contribution in [-0.4, -0.2) is 4.98 Å². The number of nitrogen functional groups attached to an aromatic ring is 1. The zero-order valence-electron chi connectivity index (χ0n) is 8.97. The van der Waals surface area contributed by atoms with Crippen LogP contribution < -0.4 is 16.0 Å². The highest BCUT2D eigenvalue weighted by molar-refractivity contribution is 5.49. The number of hydrogen-bond acceptors (Lipinski definition) is 4. The van der Waals surface area contributed by atoms with E-state index in [4.69, 9.17) is 10.6 Å². The molecule has 1 aromatic heterocycles. The van der Waals surface area contributed by atoms with Crippen LogP contribution in [0.15, 0.2) is 42.6 Å². The average molecular weight is 215 g/mol. The molecule has 1 aromatic carbocycles. The van der Waals surface area contributed by atoms with E-state index in [-0.39, 0.29) is 0 Å². The zero-order valence-corrected chi connectivity index (χ0v) is 8.97. The molecule has 0 unspecified atom stereocenters. The molecule has 0 fully saturated rings. The fourth-order valence-corrected chi connectivity index (χ4v) is 1.35. The second-order valence-corrected chi connectivity index (χ2v) is 3.40. The number of aromatic nitrogens is 1. The molecular weight excluding hydrogens is 202 g/mol. The Hall–Kier alpha value is -2.07. The van der Waals surface area contributed by atoms with E-state index in [0.29, 0.717) is 5.88 Å². The molecule has 0 spiro atoms. The van der Waals surface area contributed by atoms with Crippen LogP contribution in [0.2, 0.25) is 0 Å². The van der Waals surface area contributed by atoms with Crippen molar-refractivity contribution in [1.82, 2.24) is 4.98 Å². The largest absolute Gasteiger partial charge is 0.439 e. The molecule has 0 saturated heterocycles. The van der Waals surface area contributed by atoms with Gasteiger partial charge in [0.1, 0.15) is 5.75 Å². The minimum Gasteiger partial charge on any atom is -0.439 e. The van der Waals surface area contributed by atoms with Gasteiger partial charge in [-0.1, -0.05) is 18.2 Å². The summed E-state index contributed by atoms with van der Waals surface area (Å²) in [5.74, 6) is 6.65. The molecule has 0 atom stereocenters. The summed E-state index contributed by atoms with van der Waals surface area (Å²) in [4.78, 5) is 4.14. The first-order chi connectivity index (χ1) is 7.79. The van der Waals surface area contributed by atoms with Gasteiger partial charge in [-0.2, -0.15) is 0 Å². The van der Waals surface area contributed by atoms with Crippen LogP contribution in [0.5, 0.6) is 11.6 Å². The van der Waals surface area contributed by atoms with Crippen LogP contribution in [0.1, 0.15) is 5.56 Å². The van der Waals surface area contributed by atoms with Gasteiger partial charge < -0.3 is 10.2 Å². The van der Waals surface area contributed by atoms with E-state index in [0.717, 1.165) is 17.0 Å². The quantitative estimate of drug-likeness (QED) is 0.610. The Morgan fingerprint density at radius 1 is 1.25 bits per heavy atom. The lowest BCUT2D eigenvalue weighted by atomic mass is 10.2. The van der Waals surface area contributed by atoms with Crippen molar-refractivity contribution in [2.45, 2.75) is 6.92 Å². The average Bonchev–Trinajstić information content (AvgIpc) is 2.31. The Labute approximate surface area is 94.0 Å². The maximum absolute atomic E-state index is 5.58. The number of pyridine rings is 1. The molecule has 4 heteroatoms. The summed E-state index contributed by atoms with van der Waals surface area (Å²) < 4.78 is 5.58. The van der Waals surface area contributed by atoms with Gasteiger partial charge in [0.2, 0.25) is 5.88 Å². The van der Waals surface area contributed by atoms with Gasteiger partial charge in [0.05, 0.1) is 11.9 Å². The van der Waals surface area contributed by atoms with Gasteiger partial charge in [-0.25, -0.2) is 4.98 Å². The molecule has 0 aliphatic rings. The summed E-state index contributed by atoms with van der Waals surface area (Å²) in [6.07, 6.45) is 1.65. The highest BCUT2D eigenvalue weighted by Crippen LogP contribution is 2.22. The lowest BCUT2D eigenvalue weighted by Crippen LogP contribution is -2.08. The van der Waals surface area contributed by atoms with Gasteiger partial charge in [-0.05, 0) is 24.6 Å². The van der Waals surface area contributed by atoms with E-state index in [9.17, 15) is 0 Å². The molecule has 3 N–H and O–H groups in total. The number of anilines is 1. The third-order valence-corrected chi connectivity index (χ3v) is 2.21. The first-order valence-electron chi connectivity index (χ1n) is 4.96. The molecule has 0 bridgehead atoms. The number of nitrogens with zero attached hydrogens (tertiary/aromatic N) is 1. The number of rotatable bonds is 3. The summed E-state index contributed by atoms with van der Waals surface area (Å²) in [7, 11) is 0. The number of aryl methyl sites for hydroxylation is 1. The van der Waals surface area contributed by atoms with Gasteiger partial charge in [0, 0.05) is 6.07 Å². The van der Waals surface area contributed by atoms with Crippen molar-refractivity contribution in [2.24, 2.45) is 5.84 Å². The number of nitrogens with one attached hydrogen (secondary N) is 1. The topological polar surface area (TPSA) is 60.2 Å². The van der Waals surface area contributed by atoms with Crippen molar-refractivity contribution in [3.63, 3.8) is 0 Å². The van der Waals surface area contributed by atoms with Gasteiger partial charge >= 0.3 is 0 Å². The molecule has 0 radical (unpaired) electrons. The molecule has 16 heavy (non-hydrogen) atoms. The van der Waals surface area contributed by atoms with Crippen molar-refractivity contribution < 1.29 is 4.74 Å². The summed E-state index contributed by atoms with van der Waals surface area (Å²) in [6, 6.07) is 11.4. The predicted molar refractivity (Wildman–Crippen MR) is 63.3 cm³/mol. The number of ether oxygens (including phenoxy) is 1. The van der Waals surface area contributed by atoms with Crippen molar-refractivity contribution in [1.29, 1.82) is 0 Å². The predicted octanol–water partition coefficient (Wildman–Crippen LogP) is 2.47. The van der Waals surface area contributed by atoms with Crippen LogP contribution >= 0.6 is 0 Å². The van der Waals surface area contributed by atoms with E-state index in [1.165, 1.54) is 0 Å². The first-order valence-corrected chi connectivity index (χ1v) is 4.96. The van der Waals surface area contributed by atoms with Gasteiger partial charge in [0.15, 0.2) is 0 Å². The number of nitrogens with two attached hydrogens (primary N) is 1. The lowest BCUT2D eigenvalue weighted by Gasteiger charge is -2.07. The summed E-state index contributed by atoms with van der Waals surface area (Å²) in [6.45, 7) is 1.94. The normalized spacial score (nSPS) is 9.88. The fraction of sp³-hybridized carbons (Fsp3) is 0.0833. The Morgan fingerprint density at radius 3 is 2.62 bits per heavy atom. The summed E-state index contributed by atoms with van der Waals surface area (Å²) >= 11 is 0. The molecule has 2 aromatic rings. The van der Waals surface area contributed by atoms with Crippen molar-refractivity contribution in [3.05, 3.63) is 48.2 Å². The highest BCUT2D eigenvalue weighted by Gasteiger charge is 2.01. The summed E-state index contributed by atoms with van der Waals surface area (Å²) in [5.41, 5.74) is 4.35. The minimum atomic E-state index is 0.558. The third-order valence-electron chi connectivity index (χ3n) is 2.21. The molecular formula is C12H13N3O. The number of para-hydroxylation sites is 1. The van der Waals surface area contributed by atoms with Gasteiger partial charge in [0.25, 0.3) is 0 Å². The van der Waals surface area contributed by atoms with Crippen LogP contribution in [0.3, 0.4) is 0 Å². The maximum atomic E-state index is 5.58. The first kappa shape index (κ1) is 10.4. The van der Waals surface area contributed by atoms with E-state index in [2.05, 4.69) is 10.4 Å². The molecule has 0 aliphatic carbocycles. The maximum Gasteiger partial charge on any atom is 0.219 e. The zero-order chi connectivity index (χ0) is 11.4. The molecule has 0 aliphatic heterocycles. The van der Waals surface area contributed by atoms with Crippen molar-refractivity contribution in [3.8, 4) is 11.6 Å². The van der Waals surface area contributed by atoms with Crippen molar-refractivity contribution >= 4 is 5.69 Å². The van der Waals surface area contributed by atoms with E-state index in [1.807, 2.05) is 43.3 Å². The second kappa shape index (κ2) is 4.63. The van der Waals surface area contributed by atoms with Crippen LogP contribution in [0.4, 0.5) is 5.69 Å². The standard InChI is InChI=1S/C12H13N3O/c1-9-7-12(14-8-11(9)15-13)16-10-5-3-2-4-6-10/h2-8,15H,13H2,1H3. The Morgan fingerprint density at radius 2 is 2.00 bits per heavy atom. The van der Waals surface area contributed by atoms with Crippen molar-refractivity contribution in [2.75, 3.05) is 5.43 Å². The molecule has 0 saturated carbocycles. The highest BCUT2D eigenvalue weighted by atomic mass is 16.5. The Kier molecular flexibility index (Phi) is 3.03. The molecule has 82 valence electrons. The van der Waals surface area contributed by atoms with Crippen LogP contribution in [0.25, 0.3) is 0 Å². The lowest BCUT2D eigenvalue weighted by molar-refractivity contribution is 0.462. The smallest absolute Gasteiger partial charge is 0.219 e. The fourth-order valence-electron chi connectivity index (χ4n) is 1.35. The number of benzene rings is 1. The SMILES string of the molecule is Cc1cc(Oc2ccccc2)ncc1NN. The van der Waals surface area contributed by atoms with E-state index >= 15 is 0 Å². The Balaban J connectivity index is 2.20. The van der Waals surface area contributed by atoms with Gasteiger partial charge in [-0.3, -0.25) is 5.84 Å². The molecule has 2 rings (SSSR count). The summed E-state index contributed by atoms with van der Waals surface area (Å²) in [5, 5.41) is 0. The van der Waals surface area contributed by atoms with Crippen LogP contribution in [-0.2, 0) is 0 Å². The van der Waals surface area contributed by atoms with E-state index < -0.39 is 0 Å². The second-order valence-electron chi connectivity index (χ2n) is 3.40. The monoisotopic (exact) mass is 215 g/mol. The molecule has 0 amide bonds. The van der Waals surface area contributed by atoms with E-state index in [1.54, 1.807) is 6.20 Å². The molecule has 1 heterocycles. The molecule has 4 nitrogen and oxygen atoms in total. The number of hydrogen-bond donors (Lipinski definition) is 2. The minimum absolute atomic E-state index is 0.558.